The van der Waals surface area contributed by atoms with E-state index < -0.39 is 0 Å². The summed E-state index contributed by atoms with van der Waals surface area (Å²) in [6, 6.07) is 12.9. The van der Waals surface area contributed by atoms with Gasteiger partial charge in [0.05, 0.1) is 13.0 Å². The molecular weight excluding hydrogens is 332 g/mol. The van der Waals surface area contributed by atoms with Crippen molar-refractivity contribution in [2.45, 2.75) is 37.8 Å². The molecule has 0 radical (unpaired) electrons. The van der Waals surface area contributed by atoms with Gasteiger partial charge in [-0.3, -0.25) is 4.79 Å². The van der Waals surface area contributed by atoms with E-state index in [1.165, 1.54) is 16.1 Å². The second kappa shape index (κ2) is 7.58. The third-order valence-electron chi connectivity index (χ3n) is 5.12. The Bertz CT molecular complexity index is 707. The quantitative estimate of drug-likeness (QED) is 0.911. The van der Waals surface area contributed by atoms with Gasteiger partial charge in [-0.05, 0) is 48.4 Å². The van der Waals surface area contributed by atoms with Crippen LogP contribution in [-0.2, 0) is 16.0 Å². The first kappa shape index (κ1) is 16.6. The fourth-order valence-corrected chi connectivity index (χ4v) is 4.75. The van der Waals surface area contributed by atoms with Crippen molar-refractivity contribution < 1.29 is 9.53 Å². The van der Waals surface area contributed by atoms with Crippen LogP contribution in [0, 0.1) is 0 Å². The number of hydrogen-bond donors (Lipinski definition) is 1. The lowest BCUT2D eigenvalue weighted by Gasteiger charge is -2.34. The monoisotopic (exact) mass is 356 g/mol. The number of anilines is 1. The molecule has 1 atom stereocenters. The van der Waals surface area contributed by atoms with Crippen LogP contribution in [0.3, 0.4) is 0 Å². The predicted octanol–water partition coefficient (Wildman–Crippen LogP) is 3.54. The fraction of sp³-hybridized carbons (Fsp3) is 0.450. The van der Waals surface area contributed by atoms with Gasteiger partial charge in [-0.2, -0.15) is 0 Å². The SMILES string of the molecule is O=C(CC1OCCc2ccsc21)NC1CCN(c2ccccc2)CC1. The second-order valence-corrected chi connectivity index (χ2v) is 7.74. The first-order valence-corrected chi connectivity index (χ1v) is 9.95. The molecule has 132 valence electrons. The predicted molar refractivity (Wildman–Crippen MR) is 101 cm³/mol. The molecule has 4 nitrogen and oxygen atoms in total. The molecular formula is C20H24N2O2S. The highest BCUT2D eigenvalue weighted by Crippen LogP contribution is 2.33. The Morgan fingerprint density at radius 1 is 1.20 bits per heavy atom. The number of carbonyl (C=O) groups is 1. The van der Waals surface area contributed by atoms with Crippen LogP contribution >= 0.6 is 11.3 Å². The van der Waals surface area contributed by atoms with Gasteiger partial charge in [0.15, 0.2) is 0 Å². The number of rotatable bonds is 4. The topological polar surface area (TPSA) is 41.6 Å². The van der Waals surface area contributed by atoms with Crippen molar-refractivity contribution in [3.05, 3.63) is 52.2 Å². The van der Waals surface area contributed by atoms with Crippen LogP contribution in [0.2, 0.25) is 0 Å². The number of carbonyl (C=O) groups excluding carboxylic acids is 1. The summed E-state index contributed by atoms with van der Waals surface area (Å²) in [6.07, 6.45) is 3.34. The molecule has 1 fully saturated rings. The van der Waals surface area contributed by atoms with Crippen LogP contribution in [0.1, 0.15) is 35.8 Å². The highest BCUT2D eigenvalue weighted by molar-refractivity contribution is 7.10. The van der Waals surface area contributed by atoms with Gasteiger partial charge in [-0.15, -0.1) is 11.3 Å². The van der Waals surface area contributed by atoms with Crippen molar-refractivity contribution in [2.75, 3.05) is 24.6 Å². The zero-order chi connectivity index (χ0) is 17.1. The van der Waals surface area contributed by atoms with E-state index in [2.05, 4.69) is 45.9 Å². The molecule has 0 saturated carbocycles. The Hall–Kier alpha value is -1.85. The lowest BCUT2D eigenvalue weighted by atomic mass is 10.0. The minimum atomic E-state index is -0.0619. The van der Waals surface area contributed by atoms with E-state index in [0.29, 0.717) is 6.42 Å². The molecule has 1 N–H and O–H groups in total. The molecule has 1 aromatic heterocycles. The highest BCUT2D eigenvalue weighted by atomic mass is 32.1. The van der Waals surface area contributed by atoms with Gasteiger partial charge in [0, 0.05) is 29.7 Å². The molecule has 4 rings (SSSR count). The zero-order valence-corrected chi connectivity index (χ0v) is 15.1. The van der Waals surface area contributed by atoms with E-state index in [4.69, 9.17) is 4.74 Å². The number of nitrogens with zero attached hydrogens (tertiary/aromatic N) is 1. The molecule has 1 aromatic carbocycles. The zero-order valence-electron chi connectivity index (χ0n) is 14.3. The number of amides is 1. The Morgan fingerprint density at radius 2 is 2.00 bits per heavy atom. The average molecular weight is 356 g/mol. The lowest BCUT2D eigenvalue weighted by molar-refractivity contribution is -0.125. The summed E-state index contributed by atoms with van der Waals surface area (Å²) in [4.78, 5) is 16.1. The third kappa shape index (κ3) is 3.88. The summed E-state index contributed by atoms with van der Waals surface area (Å²) >= 11 is 1.71. The molecule has 0 spiro atoms. The van der Waals surface area contributed by atoms with Crippen LogP contribution in [0.5, 0.6) is 0 Å². The van der Waals surface area contributed by atoms with Crippen molar-refractivity contribution in [1.29, 1.82) is 0 Å². The van der Waals surface area contributed by atoms with Gasteiger partial charge in [0.2, 0.25) is 5.91 Å². The number of fused-ring (bicyclic) bond motifs is 1. The Morgan fingerprint density at radius 3 is 2.80 bits per heavy atom. The van der Waals surface area contributed by atoms with Crippen molar-refractivity contribution in [1.82, 2.24) is 5.32 Å². The van der Waals surface area contributed by atoms with Crippen LogP contribution < -0.4 is 10.2 Å². The molecule has 2 aliphatic heterocycles. The van der Waals surface area contributed by atoms with Crippen molar-refractivity contribution >= 4 is 22.9 Å². The van der Waals surface area contributed by atoms with Crippen molar-refractivity contribution in [2.24, 2.45) is 0 Å². The van der Waals surface area contributed by atoms with Crippen molar-refractivity contribution in [3.8, 4) is 0 Å². The third-order valence-corrected chi connectivity index (χ3v) is 6.17. The maximum Gasteiger partial charge on any atom is 0.223 e. The Balaban J connectivity index is 1.27. The van der Waals surface area contributed by atoms with Crippen molar-refractivity contribution in [3.63, 3.8) is 0 Å². The van der Waals surface area contributed by atoms with Crippen LogP contribution in [0.25, 0.3) is 0 Å². The van der Waals surface area contributed by atoms with E-state index in [-0.39, 0.29) is 18.1 Å². The molecule has 0 aliphatic carbocycles. The minimum absolute atomic E-state index is 0.0619. The molecule has 1 saturated heterocycles. The molecule has 5 heteroatoms. The lowest BCUT2D eigenvalue weighted by Crippen LogP contribution is -2.45. The summed E-state index contributed by atoms with van der Waals surface area (Å²) in [7, 11) is 0. The molecule has 2 aromatic rings. The van der Waals surface area contributed by atoms with E-state index in [1.54, 1.807) is 11.3 Å². The van der Waals surface area contributed by atoms with Gasteiger partial charge in [0.1, 0.15) is 6.10 Å². The summed E-state index contributed by atoms with van der Waals surface area (Å²) in [6.45, 7) is 2.70. The van der Waals surface area contributed by atoms with E-state index >= 15 is 0 Å². The minimum Gasteiger partial charge on any atom is -0.372 e. The number of ether oxygens (including phenoxy) is 1. The molecule has 1 unspecified atom stereocenters. The first-order chi connectivity index (χ1) is 12.3. The van der Waals surface area contributed by atoms with Gasteiger partial charge in [-0.1, -0.05) is 18.2 Å². The Kier molecular flexibility index (Phi) is 5.04. The molecule has 25 heavy (non-hydrogen) atoms. The Labute approximate surface area is 152 Å². The summed E-state index contributed by atoms with van der Waals surface area (Å²) in [5.41, 5.74) is 2.62. The maximum atomic E-state index is 12.5. The first-order valence-electron chi connectivity index (χ1n) is 9.07. The van der Waals surface area contributed by atoms with Gasteiger partial charge in [-0.25, -0.2) is 0 Å². The van der Waals surface area contributed by atoms with Crippen LogP contribution in [-0.4, -0.2) is 31.6 Å². The largest absolute Gasteiger partial charge is 0.372 e. The summed E-state index contributed by atoms with van der Waals surface area (Å²) in [5.74, 6) is 0.115. The number of benzene rings is 1. The maximum absolute atomic E-state index is 12.5. The summed E-state index contributed by atoms with van der Waals surface area (Å²) in [5, 5.41) is 5.32. The number of thiophene rings is 1. The normalized spacial score (nSPS) is 21.0. The molecule has 2 aliphatic rings. The number of piperidine rings is 1. The van der Waals surface area contributed by atoms with Gasteiger partial charge >= 0.3 is 0 Å². The second-order valence-electron chi connectivity index (χ2n) is 6.79. The fourth-order valence-electron chi connectivity index (χ4n) is 3.75. The van der Waals surface area contributed by atoms with E-state index in [1.807, 2.05) is 6.07 Å². The van der Waals surface area contributed by atoms with E-state index in [0.717, 1.165) is 39.0 Å². The number of nitrogens with one attached hydrogen (secondary N) is 1. The molecule has 0 bridgehead atoms. The highest BCUT2D eigenvalue weighted by Gasteiger charge is 2.26. The average Bonchev–Trinajstić information content (AvgIpc) is 3.13. The smallest absolute Gasteiger partial charge is 0.223 e. The van der Waals surface area contributed by atoms with Crippen LogP contribution in [0.4, 0.5) is 5.69 Å². The number of hydrogen-bond acceptors (Lipinski definition) is 4. The standard InChI is InChI=1S/C20H24N2O2S/c23-19(14-18-20-15(8-12-24-18)9-13-25-20)21-16-6-10-22(11-7-16)17-4-2-1-3-5-17/h1-5,9,13,16,18H,6-8,10-12,14H2,(H,21,23). The molecule has 1 amide bonds. The van der Waals surface area contributed by atoms with E-state index in [9.17, 15) is 4.79 Å². The van der Waals surface area contributed by atoms with Gasteiger partial charge in [0.25, 0.3) is 0 Å². The molecule has 3 heterocycles. The van der Waals surface area contributed by atoms with Crippen LogP contribution in [0.15, 0.2) is 41.8 Å². The van der Waals surface area contributed by atoms with Gasteiger partial charge < -0.3 is 15.0 Å². The number of para-hydroxylation sites is 1. The summed E-state index contributed by atoms with van der Waals surface area (Å²) < 4.78 is 5.84.